The lowest BCUT2D eigenvalue weighted by atomic mass is 9.86. The summed E-state index contributed by atoms with van der Waals surface area (Å²) in [7, 11) is 0. The van der Waals surface area contributed by atoms with Gasteiger partial charge in [0.1, 0.15) is 12.0 Å². The molecule has 3 N–H and O–H groups in total. The summed E-state index contributed by atoms with van der Waals surface area (Å²) in [6.07, 6.45) is 0.750. The molecule has 2 aromatic carbocycles. The summed E-state index contributed by atoms with van der Waals surface area (Å²) in [4.78, 5) is 22.0. The van der Waals surface area contributed by atoms with Crippen LogP contribution in [0.5, 0.6) is 5.75 Å². The Morgan fingerprint density at radius 2 is 1.86 bits per heavy atom. The number of carbonyl (C=O) groups excluding carboxylic acids is 2. The fraction of sp³-hybridized carbons (Fsp3) is 0.364. The first-order valence-corrected chi connectivity index (χ1v) is 9.36. The molecule has 0 aromatic heterocycles. The van der Waals surface area contributed by atoms with Crippen molar-refractivity contribution in [1.29, 1.82) is 0 Å². The third-order valence-corrected chi connectivity index (χ3v) is 5.16. The second-order valence-corrected chi connectivity index (χ2v) is 7.19. The zero-order valence-electron chi connectivity index (χ0n) is 16.4. The zero-order chi connectivity index (χ0) is 20.7. The monoisotopic (exact) mass is 383 g/mol. The molecule has 6 heteroatoms. The largest absolute Gasteiger partial charge is 0.454 e. The number of hydrogen-bond donors (Lipinski definition) is 3. The number of anilines is 1. The van der Waals surface area contributed by atoms with Crippen molar-refractivity contribution < 1.29 is 24.5 Å². The maximum Gasteiger partial charge on any atom is 0.276 e. The van der Waals surface area contributed by atoms with Gasteiger partial charge >= 0.3 is 0 Å². The van der Waals surface area contributed by atoms with Gasteiger partial charge in [0, 0.05) is 23.4 Å². The van der Waals surface area contributed by atoms with E-state index < -0.39 is 17.2 Å². The van der Waals surface area contributed by atoms with Gasteiger partial charge in [-0.15, -0.1) is 0 Å². The average molecular weight is 383 g/mol. The fourth-order valence-electron chi connectivity index (χ4n) is 3.82. The van der Waals surface area contributed by atoms with E-state index in [4.69, 9.17) is 9.53 Å². The molecular weight excluding hydrogens is 358 g/mol. The number of fused-ring (bicyclic) bond motifs is 5. The van der Waals surface area contributed by atoms with Gasteiger partial charge in [0.25, 0.3) is 5.79 Å². The number of hydrogen-bond acceptors (Lipinski definition) is 6. The highest BCUT2D eigenvalue weighted by molar-refractivity contribution is 6.13. The van der Waals surface area contributed by atoms with Gasteiger partial charge in [-0.05, 0) is 37.5 Å². The number of aldehydes is 1. The molecule has 148 valence electrons. The van der Waals surface area contributed by atoms with E-state index in [1.54, 1.807) is 30.3 Å². The van der Waals surface area contributed by atoms with Crippen molar-refractivity contribution in [2.24, 2.45) is 0 Å². The number of benzene rings is 2. The second kappa shape index (κ2) is 7.04. The van der Waals surface area contributed by atoms with Crippen molar-refractivity contribution in [1.82, 2.24) is 0 Å². The second-order valence-electron chi connectivity index (χ2n) is 7.19. The molecule has 6 nitrogen and oxygen atoms in total. The smallest absolute Gasteiger partial charge is 0.276 e. The van der Waals surface area contributed by atoms with Gasteiger partial charge in [0.2, 0.25) is 11.4 Å². The Hall–Kier alpha value is -2.70. The van der Waals surface area contributed by atoms with Gasteiger partial charge in [-0.3, -0.25) is 4.79 Å². The Morgan fingerprint density at radius 1 is 1.18 bits per heavy atom. The van der Waals surface area contributed by atoms with Crippen LogP contribution in [0.1, 0.15) is 60.7 Å². The van der Waals surface area contributed by atoms with Crippen LogP contribution in [0.15, 0.2) is 36.4 Å². The minimum absolute atomic E-state index is 0.266. The normalized spacial score (nSPS) is 23.9. The molecule has 1 heterocycles. The molecule has 0 bridgehead atoms. The number of ketones is 1. The van der Waals surface area contributed by atoms with E-state index >= 15 is 0 Å². The molecule has 0 saturated heterocycles. The predicted octanol–water partition coefficient (Wildman–Crippen LogP) is 3.07. The molecule has 0 radical (unpaired) electrons. The van der Waals surface area contributed by atoms with Crippen molar-refractivity contribution >= 4 is 17.8 Å². The van der Waals surface area contributed by atoms with E-state index in [1.165, 1.54) is 6.92 Å². The Morgan fingerprint density at radius 3 is 2.46 bits per heavy atom. The topological polar surface area (TPSA) is 95.9 Å². The molecule has 0 fully saturated rings. The van der Waals surface area contributed by atoms with Gasteiger partial charge in [-0.1, -0.05) is 38.1 Å². The van der Waals surface area contributed by atoms with E-state index in [1.807, 2.05) is 26.8 Å². The summed E-state index contributed by atoms with van der Waals surface area (Å²) in [6.45, 7) is 8.08. The van der Waals surface area contributed by atoms with Crippen molar-refractivity contribution in [3.05, 3.63) is 58.7 Å². The molecule has 28 heavy (non-hydrogen) atoms. The average Bonchev–Trinajstić information content (AvgIpc) is 2.99. The Bertz CT molecular complexity index is 939. The molecule has 2 aromatic rings. The SMILES string of the molecule is CC=O.CCNc1cccc2c1C(=O)C1(O)c3ccc(C(C)C)cc3OC21O. The number of carbonyl (C=O) groups is 2. The molecule has 0 saturated carbocycles. The summed E-state index contributed by atoms with van der Waals surface area (Å²) >= 11 is 0. The molecule has 2 unspecified atom stereocenters. The predicted molar refractivity (Wildman–Crippen MR) is 106 cm³/mol. The molecule has 1 aliphatic carbocycles. The van der Waals surface area contributed by atoms with Gasteiger partial charge in [-0.2, -0.15) is 0 Å². The number of nitrogens with one attached hydrogen (secondary N) is 1. The summed E-state index contributed by atoms with van der Waals surface area (Å²) < 4.78 is 5.80. The lowest BCUT2D eigenvalue weighted by molar-refractivity contribution is -0.224. The number of Topliss-reactive ketones (excluding diaryl/α,β-unsaturated/α-hetero) is 1. The van der Waals surface area contributed by atoms with Crippen molar-refractivity contribution in [3.8, 4) is 5.75 Å². The van der Waals surface area contributed by atoms with Crippen molar-refractivity contribution in [2.45, 2.75) is 45.0 Å². The van der Waals surface area contributed by atoms with E-state index in [0.29, 0.717) is 29.1 Å². The van der Waals surface area contributed by atoms with Crippen molar-refractivity contribution in [3.63, 3.8) is 0 Å². The van der Waals surface area contributed by atoms with Crippen LogP contribution in [0.2, 0.25) is 0 Å². The quantitative estimate of drug-likeness (QED) is 0.705. The highest BCUT2D eigenvalue weighted by atomic mass is 16.7. The minimum atomic E-state index is -2.13. The standard InChI is InChI=1S/C20H21NO4.C2H4O/c1-4-21-15-7-5-6-14-17(15)18(22)19(23)13-9-8-12(11(2)3)10-16(13)25-20(14,19)24;1-2-3/h5-11,21,23-24H,4H2,1-3H3;2H,1H3. The molecule has 1 aliphatic heterocycles. The molecule has 2 atom stereocenters. The summed E-state index contributed by atoms with van der Waals surface area (Å²) in [6, 6.07) is 10.4. The number of rotatable bonds is 3. The maximum absolute atomic E-state index is 13.2. The first-order valence-electron chi connectivity index (χ1n) is 9.36. The Kier molecular flexibility index (Phi) is 5.04. The summed E-state index contributed by atoms with van der Waals surface area (Å²) in [5.41, 5.74) is 0.355. The first-order chi connectivity index (χ1) is 13.3. The molecular formula is C22H25NO5. The molecule has 2 aliphatic rings. The summed E-state index contributed by atoms with van der Waals surface area (Å²) in [5.74, 6) is -2.04. The van der Waals surface area contributed by atoms with Crippen LogP contribution in [-0.4, -0.2) is 28.8 Å². The van der Waals surface area contributed by atoms with E-state index in [9.17, 15) is 15.0 Å². The highest BCUT2D eigenvalue weighted by Gasteiger charge is 2.70. The number of ether oxygens (including phenoxy) is 1. The molecule has 4 rings (SSSR count). The van der Waals surface area contributed by atoms with Crippen LogP contribution >= 0.6 is 0 Å². The first kappa shape index (κ1) is 20.0. The van der Waals surface area contributed by atoms with Crippen LogP contribution in [0.3, 0.4) is 0 Å². The van der Waals surface area contributed by atoms with Crippen LogP contribution in [0.4, 0.5) is 5.69 Å². The van der Waals surface area contributed by atoms with Gasteiger partial charge < -0.3 is 25.1 Å². The molecule has 0 spiro atoms. The van der Waals surface area contributed by atoms with E-state index in [-0.39, 0.29) is 11.5 Å². The van der Waals surface area contributed by atoms with Gasteiger partial charge in [-0.25, -0.2) is 0 Å². The van der Waals surface area contributed by atoms with Crippen LogP contribution in [0.25, 0.3) is 0 Å². The molecule has 0 amide bonds. The van der Waals surface area contributed by atoms with Crippen LogP contribution in [0, 0.1) is 0 Å². The fourth-order valence-corrected chi connectivity index (χ4v) is 3.82. The van der Waals surface area contributed by atoms with E-state index in [0.717, 1.165) is 11.8 Å². The maximum atomic E-state index is 13.2. The summed E-state index contributed by atoms with van der Waals surface area (Å²) in [5, 5.41) is 25.6. The van der Waals surface area contributed by atoms with E-state index in [2.05, 4.69) is 5.32 Å². The Balaban J connectivity index is 0.000000706. The van der Waals surface area contributed by atoms with Gasteiger partial charge in [0.05, 0.1) is 5.56 Å². The van der Waals surface area contributed by atoms with Gasteiger partial charge in [0.15, 0.2) is 0 Å². The van der Waals surface area contributed by atoms with Crippen LogP contribution < -0.4 is 10.1 Å². The minimum Gasteiger partial charge on any atom is -0.454 e. The third-order valence-electron chi connectivity index (χ3n) is 5.16. The zero-order valence-corrected chi connectivity index (χ0v) is 16.4. The lowest BCUT2D eigenvalue weighted by Gasteiger charge is -2.28. The third kappa shape index (κ3) is 2.56. The lowest BCUT2D eigenvalue weighted by Crippen LogP contribution is -2.48. The van der Waals surface area contributed by atoms with Crippen LogP contribution in [-0.2, 0) is 16.2 Å². The Labute approximate surface area is 164 Å². The highest BCUT2D eigenvalue weighted by Crippen LogP contribution is 2.59. The number of aliphatic hydroxyl groups is 2. The van der Waals surface area contributed by atoms with Crippen molar-refractivity contribution in [2.75, 3.05) is 11.9 Å².